The second-order valence-electron chi connectivity index (χ2n) is 3.88. The van der Waals surface area contributed by atoms with E-state index in [-0.39, 0.29) is 18.8 Å². The van der Waals surface area contributed by atoms with E-state index in [4.69, 9.17) is 10.5 Å². The number of alkyl halides is 3. The minimum Gasteiger partial charge on any atom is -0.460 e. The fourth-order valence-electron chi connectivity index (χ4n) is 1.23. The molecule has 0 saturated heterocycles. The van der Waals surface area contributed by atoms with Crippen molar-refractivity contribution in [3.05, 3.63) is 29.3 Å². The van der Waals surface area contributed by atoms with Crippen LogP contribution < -0.4 is 5.73 Å². The lowest BCUT2D eigenvalue weighted by Gasteiger charge is -2.09. The smallest absolute Gasteiger partial charge is 0.411 e. The highest BCUT2D eigenvalue weighted by Crippen LogP contribution is 2.15. The third-order valence-corrected chi connectivity index (χ3v) is 2.24. The monoisotopic (exact) mass is 277 g/mol. The minimum atomic E-state index is -4.38. The molecule has 7 heteroatoms. The van der Waals surface area contributed by atoms with Crippen molar-refractivity contribution in [2.45, 2.75) is 13.1 Å². The number of aryl methyl sites for hydroxylation is 1. The second-order valence-corrected chi connectivity index (χ2v) is 3.88. The zero-order chi connectivity index (χ0) is 14.5. The number of halogens is 3. The average molecular weight is 277 g/mol. The van der Waals surface area contributed by atoms with Gasteiger partial charge in [0.15, 0.2) is 0 Å². The summed E-state index contributed by atoms with van der Waals surface area (Å²) in [7, 11) is 0. The van der Waals surface area contributed by atoms with E-state index >= 15 is 0 Å². The van der Waals surface area contributed by atoms with Crippen LogP contribution in [-0.4, -0.2) is 32.0 Å². The maximum atomic E-state index is 11.7. The molecule has 0 radical (unpaired) electrons. The molecular weight excluding hydrogens is 263 g/mol. The number of carbonyl (C=O) groups is 1. The number of esters is 1. The summed E-state index contributed by atoms with van der Waals surface area (Å²) in [6, 6.07) is 4.64. The minimum absolute atomic E-state index is 0.247. The standard InChI is InChI=1S/C12H14F3NO3/c1-8-2-3-9(6-10(8)16)11(17)19-5-4-18-7-12(13,14)15/h2-3,6H,4-5,7,16H2,1H3. The van der Waals surface area contributed by atoms with Gasteiger partial charge in [0.25, 0.3) is 0 Å². The van der Waals surface area contributed by atoms with Crippen LogP contribution in [0.15, 0.2) is 18.2 Å². The lowest BCUT2D eigenvalue weighted by molar-refractivity contribution is -0.175. The third kappa shape index (κ3) is 5.60. The normalized spacial score (nSPS) is 11.4. The number of nitrogens with two attached hydrogens (primary N) is 1. The topological polar surface area (TPSA) is 61.5 Å². The Morgan fingerprint density at radius 3 is 2.58 bits per heavy atom. The first-order chi connectivity index (χ1) is 8.79. The highest BCUT2D eigenvalue weighted by Gasteiger charge is 2.27. The van der Waals surface area contributed by atoms with Crippen molar-refractivity contribution in [3.8, 4) is 0 Å². The molecule has 0 aliphatic carbocycles. The molecule has 1 aromatic carbocycles. The predicted molar refractivity (Wildman–Crippen MR) is 62.7 cm³/mol. The van der Waals surface area contributed by atoms with E-state index in [2.05, 4.69) is 4.74 Å². The van der Waals surface area contributed by atoms with Crippen molar-refractivity contribution < 1.29 is 27.4 Å². The second kappa shape index (κ2) is 6.42. The summed E-state index contributed by atoms with van der Waals surface area (Å²) < 4.78 is 44.3. The van der Waals surface area contributed by atoms with E-state index in [1.807, 2.05) is 0 Å². The molecule has 0 amide bonds. The number of anilines is 1. The quantitative estimate of drug-likeness (QED) is 0.509. The van der Waals surface area contributed by atoms with E-state index < -0.39 is 18.8 Å². The molecule has 19 heavy (non-hydrogen) atoms. The van der Waals surface area contributed by atoms with Gasteiger partial charge >= 0.3 is 12.1 Å². The van der Waals surface area contributed by atoms with Crippen molar-refractivity contribution in [2.24, 2.45) is 0 Å². The highest BCUT2D eigenvalue weighted by atomic mass is 19.4. The van der Waals surface area contributed by atoms with Gasteiger partial charge in [0.05, 0.1) is 12.2 Å². The van der Waals surface area contributed by atoms with Crippen LogP contribution in [0.5, 0.6) is 0 Å². The van der Waals surface area contributed by atoms with Crippen LogP contribution in [0.2, 0.25) is 0 Å². The molecule has 0 aliphatic heterocycles. The molecule has 0 spiro atoms. The number of rotatable bonds is 5. The predicted octanol–water partition coefficient (Wildman–Crippen LogP) is 2.31. The summed E-state index contributed by atoms with van der Waals surface area (Å²) in [5, 5.41) is 0. The van der Waals surface area contributed by atoms with Gasteiger partial charge in [0.1, 0.15) is 13.2 Å². The van der Waals surface area contributed by atoms with Crippen LogP contribution in [0.4, 0.5) is 18.9 Å². The molecule has 0 atom stereocenters. The van der Waals surface area contributed by atoms with Gasteiger partial charge in [-0.1, -0.05) is 6.07 Å². The Kier molecular flexibility index (Phi) is 5.17. The molecule has 2 N–H and O–H groups in total. The maximum absolute atomic E-state index is 11.7. The van der Waals surface area contributed by atoms with E-state index in [9.17, 15) is 18.0 Å². The summed E-state index contributed by atoms with van der Waals surface area (Å²) in [5.41, 5.74) is 7.15. The number of hydrogen-bond donors (Lipinski definition) is 1. The molecule has 0 unspecified atom stereocenters. The Labute approximate surface area is 108 Å². The lowest BCUT2D eigenvalue weighted by atomic mass is 10.1. The lowest BCUT2D eigenvalue weighted by Crippen LogP contribution is -2.19. The third-order valence-electron chi connectivity index (χ3n) is 2.24. The van der Waals surface area contributed by atoms with Crippen LogP contribution in [0.25, 0.3) is 0 Å². The van der Waals surface area contributed by atoms with Crippen molar-refractivity contribution in [2.75, 3.05) is 25.6 Å². The highest BCUT2D eigenvalue weighted by molar-refractivity contribution is 5.90. The Morgan fingerprint density at radius 1 is 1.32 bits per heavy atom. The van der Waals surface area contributed by atoms with Gasteiger partial charge in [0.2, 0.25) is 0 Å². The van der Waals surface area contributed by atoms with Gasteiger partial charge in [-0.25, -0.2) is 4.79 Å². The van der Waals surface area contributed by atoms with Crippen molar-refractivity contribution >= 4 is 11.7 Å². The van der Waals surface area contributed by atoms with Gasteiger partial charge in [0, 0.05) is 5.69 Å². The van der Waals surface area contributed by atoms with Crippen LogP contribution in [-0.2, 0) is 9.47 Å². The Balaban J connectivity index is 2.33. The van der Waals surface area contributed by atoms with Crippen LogP contribution in [0, 0.1) is 6.92 Å². The van der Waals surface area contributed by atoms with E-state index in [0.717, 1.165) is 5.56 Å². The van der Waals surface area contributed by atoms with Gasteiger partial charge < -0.3 is 15.2 Å². The largest absolute Gasteiger partial charge is 0.460 e. The Hall–Kier alpha value is -1.76. The van der Waals surface area contributed by atoms with Gasteiger partial charge in [-0.05, 0) is 24.6 Å². The van der Waals surface area contributed by atoms with Crippen molar-refractivity contribution in [1.82, 2.24) is 0 Å². The molecule has 106 valence electrons. The maximum Gasteiger partial charge on any atom is 0.411 e. The molecule has 0 aromatic heterocycles. The fourth-order valence-corrected chi connectivity index (χ4v) is 1.23. The zero-order valence-electron chi connectivity index (χ0n) is 10.3. The van der Waals surface area contributed by atoms with Gasteiger partial charge in [-0.2, -0.15) is 13.2 Å². The molecular formula is C12H14F3NO3. The zero-order valence-corrected chi connectivity index (χ0v) is 10.3. The first kappa shape index (κ1) is 15.3. The van der Waals surface area contributed by atoms with Gasteiger partial charge in [-0.15, -0.1) is 0 Å². The fraction of sp³-hybridized carbons (Fsp3) is 0.417. The van der Waals surface area contributed by atoms with Crippen molar-refractivity contribution in [1.29, 1.82) is 0 Å². The SMILES string of the molecule is Cc1ccc(C(=O)OCCOCC(F)(F)F)cc1N. The molecule has 4 nitrogen and oxygen atoms in total. The summed E-state index contributed by atoms with van der Waals surface area (Å²) >= 11 is 0. The van der Waals surface area contributed by atoms with E-state index in [1.54, 1.807) is 13.0 Å². The molecule has 1 aromatic rings. The summed E-state index contributed by atoms with van der Waals surface area (Å²) in [6.45, 7) is -0.132. The molecule has 0 bridgehead atoms. The van der Waals surface area contributed by atoms with Crippen LogP contribution >= 0.6 is 0 Å². The van der Waals surface area contributed by atoms with Crippen molar-refractivity contribution in [3.63, 3.8) is 0 Å². The number of hydrogen-bond acceptors (Lipinski definition) is 4. The van der Waals surface area contributed by atoms with E-state index in [1.165, 1.54) is 12.1 Å². The first-order valence-electron chi connectivity index (χ1n) is 5.47. The Morgan fingerprint density at radius 2 is 2.00 bits per heavy atom. The molecule has 0 saturated carbocycles. The average Bonchev–Trinajstić information content (AvgIpc) is 2.30. The van der Waals surface area contributed by atoms with Crippen LogP contribution in [0.1, 0.15) is 15.9 Å². The summed E-state index contributed by atoms with van der Waals surface area (Å²) in [4.78, 5) is 11.5. The number of ether oxygens (including phenoxy) is 2. The Bertz CT molecular complexity index is 446. The van der Waals surface area contributed by atoms with Gasteiger partial charge in [-0.3, -0.25) is 0 Å². The molecule has 0 aliphatic rings. The summed E-state index contributed by atoms with van der Waals surface area (Å²) in [6.07, 6.45) is -4.38. The number of carbonyl (C=O) groups excluding carboxylic acids is 1. The summed E-state index contributed by atoms with van der Waals surface area (Å²) in [5.74, 6) is -0.651. The first-order valence-corrected chi connectivity index (χ1v) is 5.47. The van der Waals surface area contributed by atoms with E-state index in [0.29, 0.717) is 5.69 Å². The molecule has 1 rings (SSSR count). The molecule has 0 heterocycles. The molecule has 0 fully saturated rings. The van der Waals surface area contributed by atoms with Crippen LogP contribution in [0.3, 0.4) is 0 Å². The number of benzene rings is 1. The number of nitrogen functional groups attached to an aromatic ring is 1.